The first kappa shape index (κ1) is 15.0. The summed E-state index contributed by atoms with van der Waals surface area (Å²) in [5.41, 5.74) is 7.98. The Morgan fingerprint density at radius 1 is 1.29 bits per heavy atom. The number of carbonyl (C=O) groups is 1. The zero-order valence-corrected chi connectivity index (χ0v) is 13.7. The van der Waals surface area contributed by atoms with Crippen molar-refractivity contribution >= 4 is 17.2 Å². The maximum Gasteiger partial charge on any atom is 0.241 e. The van der Waals surface area contributed by atoms with Crippen LogP contribution in [0.5, 0.6) is 0 Å². The fraction of sp³-hybridized carbons (Fsp3) is 0.235. The van der Waals surface area contributed by atoms with Gasteiger partial charge in [-0.25, -0.2) is 0 Å². The lowest BCUT2D eigenvalue weighted by molar-refractivity contribution is -0.124. The quantitative estimate of drug-likeness (QED) is 0.787. The fourth-order valence-corrected chi connectivity index (χ4v) is 3.67. The number of nitrogens with two attached hydrogens (primary N) is 1. The molecular weight excluding hydrogens is 324 g/mol. The Bertz CT molecular complexity index is 859. The van der Waals surface area contributed by atoms with E-state index >= 15 is 0 Å². The van der Waals surface area contributed by atoms with Crippen molar-refractivity contribution in [3.05, 3.63) is 58.8 Å². The molecule has 6 nitrogen and oxygen atoms in total. The lowest BCUT2D eigenvalue weighted by Crippen LogP contribution is -2.48. The molecule has 1 aliphatic rings. The van der Waals surface area contributed by atoms with Crippen molar-refractivity contribution in [3.8, 4) is 10.7 Å². The second-order valence-corrected chi connectivity index (χ2v) is 6.73. The minimum atomic E-state index is -0.364. The molecular formula is C17H16N4O2S. The lowest BCUT2D eigenvalue weighted by atomic mass is 9.93. The molecule has 3 heterocycles. The number of hydrogen-bond donors (Lipinski definition) is 1. The summed E-state index contributed by atoms with van der Waals surface area (Å²) in [6.45, 7) is 1.04. The highest BCUT2D eigenvalue weighted by Crippen LogP contribution is 2.26. The van der Waals surface area contributed by atoms with Gasteiger partial charge < -0.3 is 10.3 Å². The van der Waals surface area contributed by atoms with Crippen molar-refractivity contribution in [1.29, 1.82) is 0 Å². The average Bonchev–Trinajstić information content (AvgIpc) is 3.25. The maximum atomic E-state index is 11.9. The minimum Gasteiger partial charge on any atom is -0.368 e. The lowest BCUT2D eigenvalue weighted by Gasteiger charge is -2.33. The highest BCUT2D eigenvalue weighted by atomic mass is 32.1. The van der Waals surface area contributed by atoms with E-state index in [1.54, 1.807) is 11.3 Å². The van der Waals surface area contributed by atoms with Gasteiger partial charge in [0.05, 0.1) is 17.5 Å². The molecule has 1 aromatic carbocycles. The molecule has 0 saturated heterocycles. The van der Waals surface area contributed by atoms with Crippen molar-refractivity contribution in [2.24, 2.45) is 5.73 Å². The van der Waals surface area contributed by atoms with Crippen LogP contribution in [0.15, 0.2) is 46.3 Å². The summed E-state index contributed by atoms with van der Waals surface area (Å²) in [6, 6.07) is 11.6. The second-order valence-electron chi connectivity index (χ2n) is 5.79. The van der Waals surface area contributed by atoms with Crippen LogP contribution < -0.4 is 5.73 Å². The molecule has 122 valence electrons. The van der Waals surface area contributed by atoms with Crippen LogP contribution in [0.25, 0.3) is 10.7 Å². The SMILES string of the molecule is NC(=O)[C@@H]1Cc2ccccc2CN1Cc1nc(-c2cccs2)no1. The van der Waals surface area contributed by atoms with E-state index in [-0.39, 0.29) is 11.9 Å². The number of primary amides is 1. The third-order valence-corrected chi connectivity index (χ3v) is 5.09. The Kier molecular flexibility index (Phi) is 3.87. The summed E-state index contributed by atoms with van der Waals surface area (Å²) in [5, 5.41) is 5.99. The van der Waals surface area contributed by atoms with Crippen LogP contribution in [0.1, 0.15) is 17.0 Å². The molecule has 3 aromatic rings. The van der Waals surface area contributed by atoms with Crippen molar-refractivity contribution in [1.82, 2.24) is 15.0 Å². The Labute approximate surface area is 142 Å². The molecule has 1 atom stereocenters. The van der Waals surface area contributed by atoms with E-state index in [0.29, 0.717) is 31.2 Å². The third-order valence-electron chi connectivity index (χ3n) is 4.22. The van der Waals surface area contributed by atoms with Crippen LogP contribution in [0.2, 0.25) is 0 Å². The van der Waals surface area contributed by atoms with Crippen LogP contribution in [0, 0.1) is 0 Å². The third kappa shape index (κ3) is 2.83. The molecule has 0 saturated carbocycles. The molecule has 0 radical (unpaired) electrons. The van der Waals surface area contributed by atoms with Gasteiger partial charge in [-0.15, -0.1) is 11.3 Å². The molecule has 0 unspecified atom stereocenters. The van der Waals surface area contributed by atoms with Crippen molar-refractivity contribution in [2.45, 2.75) is 25.6 Å². The van der Waals surface area contributed by atoms with Gasteiger partial charge >= 0.3 is 0 Å². The molecule has 0 bridgehead atoms. The molecule has 1 amide bonds. The molecule has 1 aliphatic heterocycles. The van der Waals surface area contributed by atoms with Crippen LogP contribution in [-0.4, -0.2) is 27.0 Å². The first-order chi connectivity index (χ1) is 11.7. The Morgan fingerprint density at radius 2 is 2.12 bits per heavy atom. The predicted octanol–water partition coefficient (Wildman–Crippen LogP) is 2.21. The van der Waals surface area contributed by atoms with E-state index < -0.39 is 0 Å². The van der Waals surface area contributed by atoms with E-state index in [2.05, 4.69) is 16.2 Å². The van der Waals surface area contributed by atoms with Gasteiger partial charge in [0.1, 0.15) is 0 Å². The van der Waals surface area contributed by atoms with Crippen LogP contribution in [0.3, 0.4) is 0 Å². The summed E-state index contributed by atoms with van der Waals surface area (Å²) < 4.78 is 5.36. The fourth-order valence-electron chi connectivity index (χ4n) is 3.02. The molecule has 24 heavy (non-hydrogen) atoms. The topological polar surface area (TPSA) is 85.3 Å². The van der Waals surface area contributed by atoms with Gasteiger partial charge in [0.2, 0.25) is 17.6 Å². The van der Waals surface area contributed by atoms with E-state index in [9.17, 15) is 4.79 Å². The smallest absolute Gasteiger partial charge is 0.241 e. The van der Waals surface area contributed by atoms with Crippen LogP contribution in [0.4, 0.5) is 0 Å². The molecule has 0 fully saturated rings. The number of nitrogens with zero attached hydrogens (tertiary/aromatic N) is 3. The summed E-state index contributed by atoms with van der Waals surface area (Å²) in [4.78, 5) is 19.3. The molecule has 7 heteroatoms. The van der Waals surface area contributed by atoms with Gasteiger partial charge in [-0.1, -0.05) is 35.5 Å². The van der Waals surface area contributed by atoms with Gasteiger partial charge in [0.15, 0.2) is 0 Å². The van der Waals surface area contributed by atoms with Gasteiger partial charge in [-0.05, 0) is 29.0 Å². The number of carbonyl (C=O) groups excluding carboxylic acids is 1. The molecule has 0 spiro atoms. The number of amides is 1. The highest BCUT2D eigenvalue weighted by molar-refractivity contribution is 7.13. The number of fused-ring (bicyclic) bond motifs is 1. The Morgan fingerprint density at radius 3 is 2.88 bits per heavy atom. The molecule has 4 rings (SSSR count). The normalized spacial score (nSPS) is 17.6. The van der Waals surface area contributed by atoms with E-state index in [4.69, 9.17) is 10.3 Å². The Hall–Kier alpha value is -2.51. The molecule has 0 aliphatic carbocycles. The summed E-state index contributed by atoms with van der Waals surface area (Å²) in [6.07, 6.45) is 0.609. The van der Waals surface area contributed by atoms with Crippen LogP contribution >= 0.6 is 11.3 Å². The first-order valence-corrected chi connectivity index (χ1v) is 8.55. The van der Waals surface area contributed by atoms with E-state index in [0.717, 1.165) is 4.88 Å². The zero-order chi connectivity index (χ0) is 16.5. The predicted molar refractivity (Wildman–Crippen MR) is 90.0 cm³/mol. The Balaban J connectivity index is 1.57. The maximum absolute atomic E-state index is 11.9. The average molecular weight is 340 g/mol. The van der Waals surface area contributed by atoms with Gasteiger partial charge in [0, 0.05) is 6.54 Å². The van der Waals surface area contributed by atoms with Crippen LogP contribution in [-0.2, 0) is 24.3 Å². The monoisotopic (exact) mass is 340 g/mol. The van der Waals surface area contributed by atoms with Gasteiger partial charge in [-0.2, -0.15) is 4.98 Å². The number of benzene rings is 1. The second kappa shape index (κ2) is 6.18. The van der Waals surface area contributed by atoms with Gasteiger partial charge in [0.25, 0.3) is 0 Å². The number of thiophene rings is 1. The number of rotatable bonds is 4. The van der Waals surface area contributed by atoms with E-state index in [1.807, 2.05) is 40.6 Å². The van der Waals surface area contributed by atoms with Crippen molar-refractivity contribution in [2.75, 3.05) is 0 Å². The highest BCUT2D eigenvalue weighted by Gasteiger charge is 2.31. The first-order valence-electron chi connectivity index (χ1n) is 7.67. The largest absolute Gasteiger partial charge is 0.368 e. The zero-order valence-electron chi connectivity index (χ0n) is 12.9. The van der Waals surface area contributed by atoms with Crippen molar-refractivity contribution < 1.29 is 9.32 Å². The number of aromatic nitrogens is 2. The standard InChI is InChI=1S/C17H16N4O2S/c18-16(22)13-8-11-4-1-2-5-12(11)9-21(13)10-15-19-17(20-23-15)14-6-3-7-24-14/h1-7,13H,8-10H2,(H2,18,22)/t13-/m0/s1. The molecule has 2 aromatic heterocycles. The summed E-state index contributed by atoms with van der Waals surface area (Å²) >= 11 is 1.56. The van der Waals surface area contributed by atoms with E-state index in [1.165, 1.54) is 11.1 Å². The molecule has 2 N–H and O–H groups in total. The number of hydrogen-bond acceptors (Lipinski definition) is 6. The van der Waals surface area contributed by atoms with Gasteiger partial charge in [-0.3, -0.25) is 9.69 Å². The van der Waals surface area contributed by atoms with Crippen molar-refractivity contribution in [3.63, 3.8) is 0 Å². The summed E-state index contributed by atoms with van der Waals surface area (Å²) in [5.74, 6) is 0.736. The summed E-state index contributed by atoms with van der Waals surface area (Å²) in [7, 11) is 0. The minimum absolute atomic E-state index is 0.331.